The Labute approximate surface area is 138 Å². The van der Waals surface area contributed by atoms with Gasteiger partial charge in [0.25, 0.3) is 0 Å². The summed E-state index contributed by atoms with van der Waals surface area (Å²) in [6.07, 6.45) is 3.59. The minimum Gasteiger partial charge on any atom is -0.338 e. The molecule has 1 aliphatic rings. The largest absolute Gasteiger partial charge is 0.338 e. The van der Waals surface area contributed by atoms with Crippen molar-refractivity contribution in [3.63, 3.8) is 0 Å². The van der Waals surface area contributed by atoms with Gasteiger partial charge in [-0.05, 0) is 43.5 Å². The zero-order valence-electron chi connectivity index (χ0n) is 14.3. The van der Waals surface area contributed by atoms with Crippen molar-refractivity contribution < 1.29 is 9.59 Å². The highest BCUT2D eigenvalue weighted by atomic mass is 16.2. The van der Waals surface area contributed by atoms with Gasteiger partial charge < -0.3 is 15.5 Å². The van der Waals surface area contributed by atoms with E-state index in [2.05, 4.69) is 24.5 Å². The van der Waals surface area contributed by atoms with Crippen molar-refractivity contribution in [3.05, 3.63) is 29.3 Å². The lowest BCUT2D eigenvalue weighted by molar-refractivity contribution is -0.117. The number of anilines is 1. The van der Waals surface area contributed by atoms with Crippen molar-refractivity contribution in [2.45, 2.75) is 52.5 Å². The molecule has 0 unspecified atom stereocenters. The molecule has 0 aliphatic carbocycles. The predicted molar refractivity (Wildman–Crippen MR) is 92.7 cm³/mol. The normalized spacial score (nSPS) is 17.4. The van der Waals surface area contributed by atoms with Crippen LogP contribution in [0.1, 0.15) is 43.7 Å². The van der Waals surface area contributed by atoms with E-state index < -0.39 is 0 Å². The molecule has 1 aromatic carbocycles. The van der Waals surface area contributed by atoms with Gasteiger partial charge >= 0.3 is 6.03 Å². The number of carbonyl (C=O) groups excluding carboxylic acids is 2. The number of hydrogen-bond acceptors (Lipinski definition) is 2. The number of aryl methyl sites for hydroxylation is 2. The molecule has 0 radical (unpaired) electrons. The maximum Gasteiger partial charge on any atom is 0.315 e. The SMILES string of the molecule is CCCCCNC(=O)N[C@@H]1CC(=O)N(c2ccc(C)c(C)c2)C1. The maximum absolute atomic E-state index is 12.2. The molecule has 3 amide bonds. The summed E-state index contributed by atoms with van der Waals surface area (Å²) in [6.45, 7) is 7.44. The number of hydrogen-bond donors (Lipinski definition) is 2. The Morgan fingerprint density at radius 2 is 2.04 bits per heavy atom. The Bertz CT molecular complexity index is 571. The lowest BCUT2D eigenvalue weighted by Crippen LogP contribution is -2.43. The quantitative estimate of drug-likeness (QED) is 0.793. The second-order valence-electron chi connectivity index (χ2n) is 6.28. The average Bonchev–Trinajstić information content (AvgIpc) is 2.87. The molecule has 1 heterocycles. The molecule has 1 fully saturated rings. The fourth-order valence-corrected chi connectivity index (χ4v) is 2.76. The maximum atomic E-state index is 12.2. The van der Waals surface area contributed by atoms with E-state index in [4.69, 9.17) is 0 Å². The van der Waals surface area contributed by atoms with Crippen LogP contribution in [-0.2, 0) is 4.79 Å². The van der Waals surface area contributed by atoms with Crippen molar-refractivity contribution in [1.29, 1.82) is 0 Å². The average molecular weight is 317 g/mol. The van der Waals surface area contributed by atoms with Crippen LogP contribution in [0.3, 0.4) is 0 Å². The van der Waals surface area contributed by atoms with Crippen molar-refractivity contribution in [2.24, 2.45) is 0 Å². The first-order valence-electron chi connectivity index (χ1n) is 8.43. The number of nitrogens with zero attached hydrogens (tertiary/aromatic N) is 1. The van der Waals surface area contributed by atoms with Gasteiger partial charge in [-0.15, -0.1) is 0 Å². The first-order valence-corrected chi connectivity index (χ1v) is 8.43. The van der Waals surface area contributed by atoms with Gasteiger partial charge in [0.15, 0.2) is 0 Å². The van der Waals surface area contributed by atoms with Crippen molar-refractivity contribution in [1.82, 2.24) is 10.6 Å². The number of carbonyl (C=O) groups is 2. The van der Waals surface area contributed by atoms with Crippen LogP contribution >= 0.6 is 0 Å². The van der Waals surface area contributed by atoms with Gasteiger partial charge in [-0.1, -0.05) is 25.8 Å². The fraction of sp³-hybridized carbons (Fsp3) is 0.556. The van der Waals surface area contributed by atoms with Crippen molar-refractivity contribution >= 4 is 17.6 Å². The van der Waals surface area contributed by atoms with E-state index in [1.54, 1.807) is 4.90 Å². The number of benzene rings is 1. The molecule has 0 bridgehead atoms. The van der Waals surface area contributed by atoms with E-state index in [1.807, 2.05) is 25.1 Å². The molecule has 1 atom stereocenters. The number of amides is 3. The molecule has 5 heteroatoms. The minimum absolute atomic E-state index is 0.0598. The summed E-state index contributed by atoms with van der Waals surface area (Å²) in [5.41, 5.74) is 3.28. The van der Waals surface area contributed by atoms with Crippen LogP contribution in [-0.4, -0.2) is 31.1 Å². The molecule has 1 saturated heterocycles. The van der Waals surface area contributed by atoms with Gasteiger partial charge in [0.2, 0.25) is 5.91 Å². The third-order valence-electron chi connectivity index (χ3n) is 4.33. The van der Waals surface area contributed by atoms with Crippen LogP contribution in [0.2, 0.25) is 0 Å². The van der Waals surface area contributed by atoms with Gasteiger partial charge in [-0.3, -0.25) is 4.79 Å². The van der Waals surface area contributed by atoms with E-state index in [9.17, 15) is 9.59 Å². The molecule has 2 N–H and O–H groups in total. The molecule has 0 aromatic heterocycles. The number of nitrogens with one attached hydrogen (secondary N) is 2. The van der Waals surface area contributed by atoms with E-state index in [0.29, 0.717) is 19.5 Å². The Morgan fingerprint density at radius 3 is 2.74 bits per heavy atom. The van der Waals surface area contributed by atoms with Gasteiger partial charge in [-0.25, -0.2) is 4.79 Å². The topological polar surface area (TPSA) is 61.4 Å². The Kier molecular flexibility index (Phi) is 6.02. The summed E-state index contributed by atoms with van der Waals surface area (Å²) in [7, 11) is 0. The van der Waals surface area contributed by atoms with Crippen LogP contribution in [0.5, 0.6) is 0 Å². The Balaban J connectivity index is 1.87. The summed E-state index contributed by atoms with van der Waals surface area (Å²) in [5.74, 6) is 0.0598. The molecule has 1 aliphatic heterocycles. The minimum atomic E-state index is -0.180. The number of urea groups is 1. The molecule has 1 aromatic rings. The highest BCUT2D eigenvalue weighted by Gasteiger charge is 2.31. The number of unbranched alkanes of at least 4 members (excludes halogenated alkanes) is 2. The number of rotatable bonds is 6. The molecule has 5 nitrogen and oxygen atoms in total. The van der Waals surface area contributed by atoms with E-state index in [-0.39, 0.29) is 18.0 Å². The molecule has 126 valence electrons. The third-order valence-corrected chi connectivity index (χ3v) is 4.33. The summed E-state index contributed by atoms with van der Waals surface area (Å²) in [5, 5.41) is 5.75. The summed E-state index contributed by atoms with van der Waals surface area (Å²) in [6, 6.07) is 5.71. The molecule has 0 spiro atoms. The van der Waals surface area contributed by atoms with Gasteiger partial charge in [0.1, 0.15) is 0 Å². The van der Waals surface area contributed by atoms with Crippen LogP contribution in [0.15, 0.2) is 18.2 Å². The zero-order valence-corrected chi connectivity index (χ0v) is 14.3. The second kappa shape index (κ2) is 7.99. The molecule has 2 rings (SSSR count). The molecular weight excluding hydrogens is 290 g/mol. The Hall–Kier alpha value is -2.04. The monoisotopic (exact) mass is 317 g/mol. The predicted octanol–water partition coefficient (Wildman–Crippen LogP) is 2.90. The Morgan fingerprint density at radius 1 is 1.26 bits per heavy atom. The fourth-order valence-electron chi connectivity index (χ4n) is 2.76. The third kappa shape index (κ3) is 4.71. The molecular formula is C18H27N3O2. The highest BCUT2D eigenvalue weighted by Crippen LogP contribution is 2.24. The molecule has 23 heavy (non-hydrogen) atoms. The molecule has 0 saturated carbocycles. The second-order valence-corrected chi connectivity index (χ2v) is 6.28. The highest BCUT2D eigenvalue weighted by molar-refractivity contribution is 5.96. The van der Waals surface area contributed by atoms with Crippen molar-refractivity contribution in [2.75, 3.05) is 18.0 Å². The lowest BCUT2D eigenvalue weighted by Gasteiger charge is -2.18. The van der Waals surface area contributed by atoms with Gasteiger partial charge in [0.05, 0.1) is 6.04 Å². The van der Waals surface area contributed by atoms with Gasteiger partial charge in [0, 0.05) is 25.2 Å². The summed E-state index contributed by atoms with van der Waals surface area (Å²) in [4.78, 5) is 25.8. The summed E-state index contributed by atoms with van der Waals surface area (Å²) >= 11 is 0. The van der Waals surface area contributed by atoms with E-state index in [0.717, 1.165) is 24.9 Å². The van der Waals surface area contributed by atoms with Crippen LogP contribution in [0.4, 0.5) is 10.5 Å². The van der Waals surface area contributed by atoms with Crippen molar-refractivity contribution in [3.8, 4) is 0 Å². The smallest absolute Gasteiger partial charge is 0.315 e. The van der Waals surface area contributed by atoms with E-state index in [1.165, 1.54) is 11.1 Å². The summed E-state index contributed by atoms with van der Waals surface area (Å²) < 4.78 is 0. The lowest BCUT2D eigenvalue weighted by atomic mass is 10.1. The van der Waals surface area contributed by atoms with Crippen LogP contribution < -0.4 is 15.5 Å². The van der Waals surface area contributed by atoms with Gasteiger partial charge in [-0.2, -0.15) is 0 Å². The first-order chi connectivity index (χ1) is 11.0. The zero-order chi connectivity index (χ0) is 16.8. The van der Waals surface area contributed by atoms with Crippen LogP contribution in [0.25, 0.3) is 0 Å². The van der Waals surface area contributed by atoms with Crippen LogP contribution in [0, 0.1) is 13.8 Å². The standard InChI is InChI=1S/C18H27N3O2/c1-4-5-6-9-19-18(23)20-15-11-17(22)21(12-15)16-8-7-13(2)14(3)10-16/h7-8,10,15H,4-6,9,11-12H2,1-3H3,(H2,19,20,23)/t15-/m1/s1. The first kappa shape index (κ1) is 17.3. The van der Waals surface area contributed by atoms with E-state index >= 15 is 0 Å².